The lowest BCUT2D eigenvalue weighted by atomic mass is 10.1. The summed E-state index contributed by atoms with van der Waals surface area (Å²) in [6.45, 7) is 1.86. The Hall–Kier alpha value is -2.64. The zero-order chi connectivity index (χ0) is 18.1. The number of thioether (sulfide) groups is 1. The van der Waals surface area contributed by atoms with Crippen LogP contribution in [0.2, 0.25) is 5.02 Å². The highest BCUT2D eigenvalue weighted by Crippen LogP contribution is 2.28. The number of hydrogen-bond donors (Lipinski definition) is 1. The second kappa shape index (κ2) is 6.93. The molecule has 0 bridgehead atoms. The van der Waals surface area contributed by atoms with Crippen LogP contribution in [0.4, 0.5) is 0 Å². The van der Waals surface area contributed by atoms with E-state index in [1.165, 1.54) is 16.3 Å². The molecule has 0 atom stereocenters. The van der Waals surface area contributed by atoms with Crippen molar-refractivity contribution in [2.75, 3.05) is 0 Å². The monoisotopic (exact) mass is 383 g/mol. The van der Waals surface area contributed by atoms with Crippen LogP contribution in [-0.4, -0.2) is 24.6 Å². The van der Waals surface area contributed by atoms with Gasteiger partial charge in [-0.2, -0.15) is 9.61 Å². The van der Waals surface area contributed by atoms with Crippen LogP contribution >= 0.6 is 23.4 Å². The third-order valence-electron chi connectivity index (χ3n) is 3.87. The number of H-pyrrole nitrogens is 1. The lowest BCUT2D eigenvalue weighted by Gasteiger charge is -2.03. The van der Waals surface area contributed by atoms with E-state index < -0.39 is 0 Å². The second-order valence-corrected chi connectivity index (χ2v) is 7.06. The Kier molecular flexibility index (Phi) is 4.48. The number of aromatic nitrogens is 5. The maximum absolute atomic E-state index is 12.4. The lowest BCUT2D eigenvalue weighted by Crippen LogP contribution is -2.19. The zero-order valence-electron chi connectivity index (χ0n) is 13.8. The Labute approximate surface area is 158 Å². The van der Waals surface area contributed by atoms with Crippen LogP contribution in [0.3, 0.4) is 0 Å². The van der Waals surface area contributed by atoms with Gasteiger partial charge in [-0.15, -0.1) is 0 Å². The second-order valence-electron chi connectivity index (χ2n) is 5.66. The van der Waals surface area contributed by atoms with Crippen molar-refractivity contribution >= 4 is 29.0 Å². The number of rotatable bonds is 4. The van der Waals surface area contributed by atoms with Crippen LogP contribution in [0, 0.1) is 6.92 Å². The minimum atomic E-state index is -0.318. The summed E-state index contributed by atoms with van der Waals surface area (Å²) < 4.78 is 1.30. The van der Waals surface area contributed by atoms with Gasteiger partial charge in [0.15, 0.2) is 10.8 Å². The van der Waals surface area contributed by atoms with Crippen molar-refractivity contribution in [2.45, 2.75) is 17.8 Å². The largest absolute Gasteiger partial charge is 0.350 e. The summed E-state index contributed by atoms with van der Waals surface area (Å²) in [5, 5.41) is 5.51. The van der Waals surface area contributed by atoms with E-state index in [0.717, 1.165) is 22.5 Å². The van der Waals surface area contributed by atoms with E-state index in [2.05, 4.69) is 20.1 Å². The first-order chi connectivity index (χ1) is 12.6. The molecule has 1 N–H and O–H groups in total. The van der Waals surface area contributed by atoms with Crippen molar-refractivity contribution in [3.05, 3.63) is 75.6 Å². The van der Waals surface area contributed by atoms with Gasteiger partial charge in [0.05, 0.1) is 11.4 Å². The molecule has 0 radical (unpaired) electrons. The topological polar surface area (TPSA) is 75.9 Å². The molecule has 4 aromatic rings. The highest BCUT2D eigenvalue weighted by Gasteiger charge is 2.16. The van der Waals surface area contributed by atoms with Gasteiger partial charge in [-0.1, -0.05) is 41.6 Å². The molecule has 130 valence electrons. The van der Waals surface area contributed by atoms with Gasteiger partial charge < -0.3 is 0 Å². The van der Waals surface area contributed by atoms with Crippen molar-refractivity contribution in [3.63, 3.8) is 0 Å². The molecule has 0 amide bonds. The first-order valence-electron chi connectivity index (χ1n) is 7.90. The van der Waals surface area contributed by atoms with Crippen LogP contribution in [-0.2, 0) is 5.75 Å². The summed E-state index contributed by atoms with van der Waals surface area (Å²) in [5.74, 6) is 0.614. The van der Waals surface area contributed by atoms with Crippen molar-refractivity contribution in [3.8, 4) is 11.1 Å². The molecule has 3 aromatic heterocycles. The Morgan fingerprint density at radius 1 is 1.19 bits per heavy atom. The standard InChI is InChI=1S/C18H14ClN5OS/c1-11-15(12-5-7-13(19)8-6-12)16-21-17(22-18(25)24(16)23-11)26-10-14-4-2-3-9-20-14/h2-9H,10H2,1H3,(H,21,22,25). The molecule has 4 rings (SSSR count). The zero-order valence-corrected chi connectivity index (χ0v) is 15.4. The summed E-state index contributed by atoms with van der Waals surface area (Å²) in [6, 6.07) is 13.2. The van der Waals surface area contributed by atoms with Crippen molar-refractivity contribution in [1.29, 1.82) is 0 Å². The normalized spacial score (nSPS) is 11.2. The average molecular weight is 384 g/mol. The van der Waals surface area contributed by atoms with Crippen LogP contribution in [0.15, 0.2) is 58.6 Å². The quantitative estimate of drug-likeness (QED) is 0.543. The SMILES string of the molecule is Cc1nn2c(=O)[nH]c(SCc3ccccn3)nc2c1-c1ccc(Cl)cc1. The van der Waals surface area contributed by atoms with Gasteiger partial charge in [-0.3, -0.25) is 9.97 Å². The number of pyridine rings is 1. The third-order valence-corrected chi connectivity index (χ3v) is 5.02. The molecule has 0 fully saturated rings. The number of aryl methyl sites for hydroxylation is 1. The number of aromatic amines is 1. The van der Waals surface area contributed by atoms with Crippen molar-refractivity contribution in [1.82, 2.24) is 24.6 Å². The molecule has 8 heteroatoms. The number of fused-ring (bicyclic) bond motifs is 1. The molecule has 26 heavy (non-hydrogen) atoms. The summed E-state index contributed by atoms with van der Waals surface area (Å²) in [6.07, 6.45) is 1.74. The molecule has 0 saturated heterocycles. The predicted molar refractivity (Wildman–Crippen MR) is 103 cm³/mol. The van der Waals surface area contributed by atoms with E-state index in [9.17, 15) is 4.79 Å². The van der Waals surface area contributed by atoms with E-state index in [0.29, 0.717) is 21.6 Å². The fourth-order valence-corrected chi connectivity index (χ4v) is 3.57. The number of nitrogens with one attached hydrogen (secondary N) is 1. The van der Waals surface area contributed by atoms with E-state index in [4.69, 9.17) is 11.6 Å². The van der Waals surface area contributed by atoms with Gasteiger partial charge in [0.2, 0.25) is 0 Å². The maximum atomic E-state index is 12.4. The summed E-state index contributed by atoms with van der Waals surface area (Å²) in [4.78, 5) is 24.1. The molecule has 1 aromatic carbocycles. The van der Waals surface area contributed by atoms with Gasteiger partial charge in [-0.25, -0.2) is 9.78 Å². The smallest absolute Gasteiger partial charge is 0.285 e. The fraction of sp³-hybridized carbons (Fsp3) is 0.111. The highest BCUT2D eigenvalue weighted by atomic mass is 35.5. The predicted octanol–water partition coefficient (Wildman–Crippen LogP) is 3.73. The van der Waals surface area contributed by atoms with E-state index in [-0.39, 0.29) is 5.69 Å². The first kappa shape index (κ1) is 16.8. The summed E-state index contributed by atoms with van der Waals surface area (Å²) in [7, 11) is 0. The molecule has 0 unspecified atom stereocenters. The van der Waals surface area contributed by atoms with Gasteiger partial charge in [0.25, 0.3) is 0 Å². The molecular weight excluding hydrogens is 370 g/mol. The number of benzene rings is 1. The van der Waals surface area contributed by atoms with Gasteiger partial charge >= 0.3 is 5.69 Å². The van der Waals surface area contributed by atoms with Crippen LogP contribution < -0.4 is 5.69 Å². The number of hydrogen-bond acceptors (Lipinski definition) is 5. The average Bonchev–Trinajstić information content (AvgIpc) is 2.98. The molecule has 0 aliphatic rings. The van der Waals surface area contributed by atoms with Crippen molar-refractivity contribution in [2.24, 2.45) is 0 Å². The molecule has 0 spiro atoms. The Morgan fingerprint density at radius 2 is 2.00 bits per heavy atom. The molecule has 0 aliphatic carbocycles. The highest BCUT2D eigenvalue weighted by molar-refractivity contribution is 7.98. The van der Waals surface area contributed by atoms with Crippen LogP contribution in [0.5, 0.6) is 0 Å². The maximum Gasteiger partial charge on any atom is 0.350 e. The van der Waals surface area contributed by atoms with E-state index in [1.54, 1.807) is 6.20 Å². The Bertz CT molecular complexity index is 1120. The van der Waals surface area contributed by atoms with Gasteiger partial charge in [0.1, 0.15) is 0 Å². The Balaban J connectivity index is 1.76. The Morgan fingerprint density at radius 3 is 2.73 bits per heavy atom. The summed E-state index contributed by atoms with van der Waals surface area (Å²) in [5.41, 5.74) is 3.60. The van der Waals surface area contributed by atoms with E-state index in [1.807, 2.05) is 49.4 Å². The molecule has 0 aliphatic heterocycles. The fourth-order valence-electron chi connectivity index (χ4n) is 2.68. The summed E-state index contributed by atoms with van der Waals surface area (Å²) >= 11 is 7.41. The first-order valence-corrected chi connectivity index (χ1v) is 9.26. The van der Waals surface area contributed by atoms with Gasteiger partial charge in [-0.05, 0) is 36.8 Å². The molecule has 6 nitrogen and oxygen atoms in total. The van der Waals surface area contributed by atoms with Crippen LogP contribution in [0.1, 0.15) is 11.4 Å². The van der Waals surface area contributed by atoms with Gasteiger partial charge in [0, 0.05) is 22.5 Å². The minimum absolute atomic E-state index is 0.318. The lowest BCUT2D eigenvalue weighted by molar-refractivity contribution is 0.779. The minimum Gasteiger partial charge on any atom is -0.285 e. The molecular formula is C18H14ClN5OS. The van der Waals surface area contributed by atoms with E-state index >= 15 is 0 Å². The molecule has 0 saturated carbocycles. The molecule has 3 heterocycles. The number of nitrogens with zero attached hydrogens (tertiary/aromatic N) is 4. The van der Waals surface area contributed by atoms with Crippen LogP contribution in [0.25, 0.3) is 16.8 Å². The third kappa shape index (κ3) is 3.23. The van der Waals surface area contributed by atoms with Crippen molar-refractivity contribution < 1.29 is 0 Å². The number of halogens is 1.